The van der Waals surface area contributed by atoms with Crippen LogP contribution >= 0.6 is 11.6 Å². The van der Waals surface area contributed by atoms with E-state index in [9.17, 15) is 13.2 Å². The van der Waals surface area contributed by atoms with E-state index >= 15 is 0 Å². The number of ether oxygens (including phenoxy) is 1. The molecule has 0 saturated heterocycles. The van der Waals surface area contributed by atoms with Crippen molar-refractivity contribution in [3.63, 3.8) is 0 Å². The van der Waals surface area contributed by atoms with Crippen molar-refractivity contribution in [1.82, 2.24) is 0 Å². The van der Waals surface area contributed by atoms with Gasteiger partial charge in [0.2, 0.25) is 0 Å². The fourth-order valence-corrected chi connectivity index (χ4v) is 2.87. The average Bonchev–Trinajstić information content (AvgIpc) is 2.35. The molecule has 104 valence electrons. The van der Waals surface area contributed by atoms with Crippen molar-refractivity contribution in [2.45, 2.75) is 11.8 Å². The molecular weight excluding hydrogens is 294 g/mol. The van der Waals surface area contributed by atoms with Crippen molar-refractivity contribution in [3.8, 4) is 0 Å². The van der Waals surface area contributed by atoms with Gasteiger partial charge in [-0.3, -0.25) is 0 Å². The van der Waals surface area contributed by atoms with Crippen molar-refractivity contribution in [2.75, 3.05) is 13.4 Å². The van der Waals surface area contributed by atoms with Crippen molar-refractivity contribution >= 4 is 32.6 Å². The standard InChI is InChI=1S/C11H12ClNO5S/c1-6-7(11(14)18-2)4-5-8(19(3,16)17)9(6)10(12)13-15/h4-5,15H,1-3H3. The number of hydrogen-bond acceptors (Lipinski definition) is 6. The maximum atomic E-state index is 11.7. The molecule has 0 aromatic heterocycles. The number of carbonyl (C=O) groups is 1. The number of methoxy groups -OCH3 is 1. The Morgan fingerprint density at radius 3 is 2.42 bits per heavy atom. The molecule has 0 aliphatic carbocycles. The van der Waals surface area contributed by atoms with Crippen LogP contribution in [0, 0.1) is 6.92 Å². The molecule has 19 heavy (non-hydrogen) atoms. The third kappa shape index (κ3) is 3.05. The topological polar surface area (TPSA) is 93.0 Å². The molecule has 0 amide bonds. The first-order chi connectivity index (χ1) is 8.73. The van der Waals surface area contributed by atoms with E-state index in [4.69, 9.17) is 16.8 Å². The summed E-state index contributed by atoms with van der Waals surface area (Å²) in [5, 5.41) is 11.1. The Bertz CT molecular complexity index is 651. The molecule has 0 aliphatic heterocycles. The number of nitrogens with zero attached hydrogens (tertiary/aromatic N) is 1. The van der Waals surface area contributed by atoms with Crippen LogP contribution in [0.25, 0.3) is 0 Å². The third-order valence-corrected chi connectivity index (χ3v) is 3.93. The van der Waals surface area contributed by atoms with Gasteiger partial charge in [0, 0.05) is 11.8 Å². The molecular formula is C11H12ClNO5S. The van der Waals surface area contributed by atoms with Gasteiger partial charge >= 0.3 is 5.97 Å². The molecule has 0 unspecified atom stereocenters. The number of benzene rings is 1. The van der Waals surface area contributed by atoms with Gasteiger partial charge in [-0.05, 0) is 24.6 Å². The van der Waals surface area contributed by atoms with E-state index in [1.807, 2.05) is 0 Å². The molecule has 0 spiro atoms. The highest BCUT2D eigenvalue weighted by Crippen LogP contribution is 2.25. The highest BCUT2D eigenvalue weighted by atomic mass is 35.5. The number of rotatable bonds is 3. The van der Waals surface area contributed by atoms with E-state index in [2.05, 4.69) is 9.89 Å². The zero-order valence-electron chi connectivity index (χ0n) is 10.5. The molecule has 1 N–H and O–H groups in total. The lowest BCUT2D eigenvalue weighted by Crippen LogP contribution is -2.12. The summed E-state index contributed by atoms with van der Waals surface area (Å²) in [5.41, 5.74) is 0.388. The summed E-state index contributed by atoms with van der Waals surface area (Å²) in [4.78, 5) is 11.4. The van der Waals surface area contributed by atoms with Gasteiger partial charge in [0.25, 0.3) is 0 Å². The summed E-state index contributed by atoms with van der Waals surface area (Å²) in [6.45, 7) is 1.49. The Hall–Kier alpha value is -1.60. The zero-order chi connectivity index (χ0) is 14.8. The SMILES string of the molecule is COC(=O)c1ccc(S(C)(=O)=O)c(C(Cl)=NO)c1C. The summed E-state index contributed by atoms with van der Waals surface area (Å²) in [5.74, 6) is -0.638. The largest absolute Gasteiger partial charge is 0.465 e. The van der Waals surface area contributed by atoms with Crippen molar-refractivity contribution < 1.29 is 23.2 Å². The van der Waals surface area contributed by atoms with Crippen LogP contribution in [0.5, 0.6) is 0 Å². The monoisotopic (exact) mass is 305 g/mol. The van der Waals surface area contributed by atoms with E-state index in [1.54, 1.807) is 0 Å². The Labute approximate surface area is 115 Å². The lowest BCUT2D eigenvalue weighted by Gasteiger charge is -2.12. The number of halogens is 1. The second-order valence-corrected chi connectivity index (χ2v) is 6.11. The molecule has 6 nitrogen and oxygen atoms in total. The fraction of sp³-hybridized carbons (Fsp3) is 0.273. The van der Waals surface area contributed by atoms with E-state index in [1.165, 1.54) is 26.2 Å². The van der Waals surface area contributed by atoms with Gasteiger partial charge in [-0.1, -0.05) is 16.8 Å². The Morgan fingerprint density at radius 1 is 1.42 bits per heavy atom. The van der Waals surface area contributed by atoms with Gasteiger partial charge in [-0.15, -0.1) is 0 Å². The van der Waals surface area contributed by atoms with E-state index in [0.29, 0.717) is 0 Å². The van der Waals surface area contributed by atoms with E-state index in [-0.39, 0.29) is 21.6 Å². The maximum absolute atomic E-state index is 11.7. The van der Waals surface area contributed by atoms with Crippen LogP contribution in [-0.2, 0) is 14.6 Å². The highest BCUT2D eigenvalue weighted by molar-refractivity contribution is 7.90. The second-order valence-electron chi connectivity index (χ2n) is 3.77. The van der Waals surface area contributed by atoms with Crippen LogP contribution in [0.3, 0.4) is 0 Å². The Morgan fingerprint density at radius 2 is 2.00 bits per heavy atom. The Kier molecular flexibility index (Phi) is 4.54. The third-order valence-electron chi connectivity index (χ3n) is 2.53. The van der Waals surface area contributed by atoms with Crippen molar-refractivity contribution in [1.29, 1.82) is 0 Å². The van der Waals surface area contributed by atoms with Gasteiger partial charge < -0.3 is 9.94 Å². The number of sulfone groups is 1. The van der Waals surface area contributed by atoms with Gasteiger partial charge in [-0.2, -0.15) is 0 Å². The highest BCUT2D eigenvalue weighted by Gasteiger charge is 2.23. The normalized spacial score (nSPS) is 12.3. The first kappa shape index (κ1) is 15.5. The average molecular weight is 306 g/mol. The Balaban J connectivity index is 3.74. The second kappa shape index (κ2) is 5.58. The molecule has 1 aromatic rings. The summed E-state index contributed by atoms with van der Waals surface area (Å²) in [6.07, 6.45) is 0.991. The van der Waals surface area contributed by atoms with Gasteiger partial charge in [-0.25, -0.2) is 13.2 Å². The quantitative estimate of drug-likeness (QED) is 0.396. The minimum Gasteiger partial charge on any atom is -0.465 e. The van der Waals surface area contributed by atoms with Crippen LogP contribution in [-0.4, -0.2) is 38.1 Å². The molecule has 1 aromatic carbocycles. The first-order valence-electron chi connectivity index (χ1n) is 5.04. The molecule has 0 radical (unpaired) electrons. The maximum Gasteiger partial charge on any atom is 0.338 e. The lowest BCUT2D eigenvalue weighted by atomic mass is 10.0. The molecule has 0 fully saturated rings. The molecule has 0 atom stereocenters. The molecule has 0 aliphatic rings. The summed E-state index contributed by atoms with van der Waals surface area (Å²) in [7, 11) is -2.39. The van der Waals surface area contributed by atoms with Gasteiger partial charge in [0.1, 0.15) is 0 Å². The summed E-state index contributed by atoms with van der Waals surface area (Å²) in [6, 6.07) is 2.54. The van der Waals surface area contributed by atoms with Crippen LogP contribution in [0.15, 0.2) is 22.2 Å². The predicted molar refractivity (Wildman–Crippen MR) is 69.8 cm³/mol. The number of oxime groups is 1. The molecule has 0 bridgehead atoms. The summed E-state index contributed by atoms with van der Waals surface area (Å²) >= 11 is 5.71. The van der Waals surface area contributed by atoms with Gasteiger partial charge in [0.05, 0.1) is 17.6 Å². The minimum atomic E-state index is -3.59. The number of esters is 1. The predicted octanol–water partition coefficient (Wildman–Crippen LogP) is 1.56. The molecule has 0 saturated carbocycles. The van der Waals surface area contributed by atoms with Crippen LogP contribution < -0.4 is 0 Å². The van der Waals surface area contributed by atoms with Crippen molar-refractivity contribution in [3.05, 3.63) is 28.8 Å². The van der Waals surface area contributed by atoms with E-state index < -0.39 is 21.0 Å². The van der Waals surface area contributed by atoms with Gasteiger partial charge in [0.15, 0.2) is 15.0 Å². The van der Waals surface area contributed by atoms with Crippen molar-refractivity contribution in [2.24, 2.45) is 5.16 Å². The first-order valence-corrected chi connectivity index (χ1v) is 7.30. The smallest absolute Gasteiger partial charge is 0.338 e. The lowest BCUT2D eigenvalue weighted by molar-refractivity contribution is 0.0599. The molecule has 8 heteroatoms. The number of carbonyl (C=O) groups excluding carboxylic acids is 1. The zero-order valence-corrected chi connectivity index (χ0v) is 12.0. The van der Waals surface area contributed by atoms with Crippen LogP contribution in [0.1, 0.15) is 21.5 Å². The molecule has 0 heterocycles. The van der Waals surface area contributed by atoms with Crippen LogP contribution in [0.4, 0.5) is 0 Å². The fourth-order valence-electron chi connectivity index (χ4n) is 1.63. The molecule has 1 rings (SSSR count). The summed E-state index contributed by atoms with van der Waals surface area (Å²) < 4.78 is 27.9. The number of hydrogen-bond donors (Lipinski definition) is 1. The van der Waals surface area contributed by atoms with E-state index in [0.717, 1.165) is 6.26 Å². The minimum absolute atomic E-state index is 0.0189. The van der Waals surface area contributed by atoms with Crippen LogP contribution in [0.2, 0.25) is 0 Å².